The lowest BCUT2D eigenvalue weighted by molar-refractivity contribution is -0.139. The summed E-state index contributed by atoms with van der Waals surface area (Å²) in [5.74, 6) is 0.599. The Morgan fingerprint density at radius 2 is 2.00 bits per heavy atom. The number of carboxylic acid groups (broad SMARTS) is 1. The first-order valence-electron chi connectivity index (χ1n) is 5.49. The van der Waals surface area contributed by atoms with Crippen molar-refractivity contribution in [3.8, 4) is 0 Å². The average molecular weight is 264 g/mol. The largest absolute Gasteiger partial charge is 0.480 e. The monoisotopic (exact) mass is 264 g/mol. The molecule has 7 heteroatoms. The SMILES string of the molecule is CCSCC(C)NC(=O)N[C@@H](CCO)C(=O)O. The van der Waals surface area contributed by atoms with Gasteiger partial charge in [0.2, 0.25) is 0 Å². The first-order chi connectivity index (χ1) is 8.01. The summed E-state index contributed by atoms with van der Waals surface area (Å²) in [6.07, 6.45) is 0.000838. The van der Waals surface area contributed by atoms with Gasteiger partial charge in [-0.25, -0.2) is 9.59 Å². The molecule has 0 spiro atoms. The Hall–Kier alpha value is -0.950. The number of carbonyl (C=O) groups excluding carboxylic acids is 1. The Morgan fingerprint density at radius 3 is 2.47 bits per heavy atom. The van der Waals surface area contributed by atoms with Crippen LogP contribution in [0.25, 0.3) is 0 Å². The number of nitrogens with one attached hydrogen (secondary N) is 2. The van der Waals surface area contributed by atoms with E-state index in [-0.39, 0.29) is 19.1 Å². The fourth-order valence-electron chi connectivity index (χ4n) is 1.15. The number of aliphatic carboxylic acids is 1. The predicted octanol–water partition coefficient (Wildman–Crippen LogP) is 0.263. The van der Waals surface area contributed by atoms with Crippen molar-refractivity contribution in [2.45, 2.75) is 32.4 Å². The first kappa shape index (κ1) is 16.1. The zero-order chi connectivity index (χ0) is 13.3. The van der Waals surface area contributed by atoms with Gasteiger partial charge in [-0.15, -0.1) is 0 Å². The Balaban J connectivity index is 4.00. The molecule has 0 radical (unpaired) electrons. The van der Waals surface area contributed by atoms with Crippen molar-refractivity contribution in [2.24, 2.45) is 0 Å². The highest BCUT2D eigenvalue weighted by Gasteiger charge is 2.19. The second-order valence-electron chi connectivity index (χ2n) is 3.58. The van der Waals surface area contributed by atoms with E-state index in [1.807, 2.05) is 13.8 Å². The predicted molar refractivity (Wildman–Crippen MR) is 67.3 cm³/mol. The highest BCUT2D eigenvalue weighted by Crippen LogP contribution is 2.01. The average Bonchev–Trinajstić information content (AvgIpc) is 2.25. The molecule has 0 aromatic carbocycles. The van der Waals surface area contributed by atoms with E-state index in [2.05, 4.69) is 10.6 Å². The summed E-state index contributed by atoms with van der Waals surface area (Å²) in [6, 6.07) is -1.59. The molecule has 0 saturated heterocycles. The Morgan fingerprint density at radius 1 is 1.35 bits per heavy atom. The van der Waals surface area contributed by atoms with Gasteiger partial charge >= 0.3 is 12.0 Å². The lowest BCUT2D eigenvalue weighted by Gasteiger charge is -2.17. The van der Waals surface area contributed by atoms with Crippen molar-refractivity contribution in [3.63, 3.8) is 0 Å². The molecule has 100 valence electrons. The van der Waals surface area contributed by atoms with Crippen LogP contribution in [-0.2, 0) is 4.79 Å². The van der Waals surface area contributed by atoms with Gasteiger partial charge in [-0.1, -0.05) is 6.92 Å². The number of hydrogen-bond donors (Lipinski definition) is 4. The van der Waals surface area contributed by atoms with Crippen LogP contribution in [0.1, 0.15) is 20.3 Å². The molecule has 0 aromatic rings. The van der Waals surface area contributed by atoms with Gasteiger partial charge < -0.3 is 20.8 Å². The van der Waals surface area contributed by atoms with Crippen LogP contribution in [-0.4, -0.2) is 52.4 Å². The third-order valence-corrected chi connectivity index (χ3v) is 3.11. The third kappa shape index (κ3) is 7.87. The number of urea groups is 1. The summed E-state index contributed by atoms with van der Waals surface area (Å²) in [5, 5.41) is 22.4. The molecule has 0 saturated carbocycles. The van der Waals surface area contributed by atoms with Crippen LogP contribution >= 0.6 is 11.8 Å². The van der Waals surface area contributed by atoms with Crippen LogP contribution in [0.15, 0.2) is 0 Å². The molecular formula is C10H20N2O4S. The topological polar surface area (TPSA) is 98.7 Å². The van der Waals surface area contributed by atoms with Gasteiger partial charge in [0.15, 0.2) is 0 Å². The lowest BCUT2D eigenvalue weighted by Crippen LogP contribution is -2.49. The number of hydrogen-bond acceptors (Lipinski definition) is 4. The van der Waals surface area contributed by atoms with E-state index >= 15 is 0 Å². The van der Waals surface area contributed by atoms with Gasteiger partial charge in [-0.05, 0) is 12.7 Å². The van der Waals surface area contributed by atoms with Crippen molar-refractivity contribution in [3.05, 3.63) is 0 Å². The molecule has 0 rings (SSSR count). The third-order valence-electron chi connectivity index (χ3n) is 1.97. The van der Waals surface area contributed by atoms with Gasteiger partial charge in [-0.2, -0.15) is 11.8 Å². The number of carbonyl (C=O) groups is 2. The minimum absolute atomic E-state index is 0.000838. The van der Waals surface area contributed by atoms with E-state index in [0.29, 0.717) is 0 Å². The molecule has 0 aliphatic carbocycles. The maximum atomic E-state index is 11.4. The second-order valence-corrected chi connectivity index (χ2v) is 4.90. The molecule has 0 fully saturated rings. The normalized spacial score (nSPS) is 13.8. The minimum Gasteiger partial charge on any atom is -0.480 e. The summed E-state index contributed by atoms with van der Waals surface area (Å²) < 4.78 is 0. The zero-order valence-electron chi connectivity index (χ0n) is 10.1. The summed E-state index contributed by atoms with van der Waals surface area (Å²) in [4.78, 5) is 22.2. The highest BCUT2D eigenvalue weighted by atomic mass is 32.2. The maximum absolute atomic E-state index is 11.4. The summed E-state index contributed by atoms with van der Waals surface area (Å²) in [6.45, 7) is 3.60. The van der Waals surface area contributed by atoms with Gasteiger partial charge in [0.05, 0.1) is 0 Å². The number of rotatable bonds is 8. The van der Waals surface area contributed by atoms with Crippen molar-refractivity contribution in [1.82, 2.24) is 10.6 Å². The van der Waals surface area contributed by atoms with Crippen LogP contribution in [0, 0.1) is 0 Å². The van der Waals surface area contributed by atoms with Crippen molar-refractivity contribution in [1.29, 1.82) is 0 Å². The summed E-state index contributed by atoms with van der Waals surface area (Å²) in [5.41, 5.74) is 0. The minimum atomic E-state index is -1.15. The second kappa shape index (κ2) is 9.12. The Labute approximate surface area is 105 Å². The fraction of sp³-hybridized carbons (Fsp3) is 0.800. The van der Waals surface area contributed by atoms with Crippen LogP contribution in [0.5, 0.6) is 0 Å². The van der Waals surface area contributed by atoms with E-state index in [9.17, 15) is 9.59 Å². The highest BCUT2D eigenvalue weighted by molar-refractivity contribution is 7.99. The van der Waals surface area contributed by atoms with Crippen LogP contribution in [0.2, 0.25) is 0 Å². The number of aliphatic hydroxyl groups is 1. The molecule has 0 heterocycles. The molecule has 1 unspecified atom stereocenters. The molecule has 17 heavy (non-hydrogen) atoms. The molecule has 4 N–H and O–H groups in total. The van der Waals surface area contributed by atoms with Crippen molar-refractivity contribution in [2.75, 3.05) is 18.1 Å². The molecule has 0 aromatic heterocycles. The van der Waals surface area contributed by atoms with E-state index in [1.54, 1.807) is 11.8 Å². The molecule has 6 nitrogen and oxygen atoms in total. The summed E-state index contributed by atoms with van der Waals surface area (Å²) >= 11 is 1.69. The van der Waals surface area contributed by atoms with E-state index in [4.69, 9.17) is 10.2 Å². The quantitative estimate of drug-likeness (QED) is 0.504. The first-order valence-corrected chi connectivity index (χ1v) is 6.65. The molecular weight excluding hydrogens is 244 g/mol. The Kier molecular flexibility index (Phi) is 8.61. The lowest BCUT2D eigenvalue weighted by atomic mass is 10.2. The van der Waals surface area contributed by atoms with Crippen LogP contribution in [0.4, 0.5) is 4.79 Å². The molecule has 0 aliphatic heterocycles. The molecule has 0 aliphatic rings. The molecule has 2 atom stereocenters. The standard InChI is InChI=1S/C10H20N2O4S/c1-3-17-6-7(2)11-10(16)12-8(4-5-13)9(14)15/h7-8,13H,3-6H2,1-2H3,(H,14,15)(H2,11,12,16)/t7?,8-/m0/s1. The van der Waals surface area contributed by atoms with E-state index in [1.165, 1.54) is 0 Å². The van der Waals surface area contributed by atoms with Gasteiger partial charge in [0.1, 0.15) is 6.04 Å². The van der Waals surface area contributed by atoms with Gasteiger partial charge in [0, 0.05) is 24.8 Å². The number of carboxylic acids is 1. The van der Waals surface area contributed by atoms with E-state index < -0.39 is 18.0 Å². The number of aliphatic hydroxyl groups excluding tert-OH is 1. The molecule has 0 bridgehead atoms. The fourth-order valence-corrected chi connectivity index (χ4v) is 1.82. The van der Waals surface area contributed by atoms with Gasteiger partial charge in [-0.3, -0.25) is 0 Å². The van der Waals surface area contributed by atoms with Crippen molar-refractivity contribution < 1.29 is 19.8 Å². The van der Waals surface area contributed by atoms with Crippen LogP contribution in [0.3, 0.4) is 0 Å². The van der Waals surface area contributed by atoms with Crippen LogP contribution < -0.4 is 10.6 Å². The van der Waals surface area contributed by atoms with Gasteiger partial charge in [0.25, 0.3) is 0 Å². The van der Waals surface area contributed by atoms with Crippen molar-refractivity contribution >= 4 is 23.8 Å². The number of amides is 2. The Bertz CT molecular complexity index is 250. The maximum Gasteiger partial charge on any atom is 0.326 e. The smallest absolute Gasteiger partial charge is 0.326 e. The molecule has 2 amide bonds. The summed E-state index contributed by atoms with van der Waals surface area (Å²) in [7, 11) is 0. The van der Waals surface area contributed by atoms with E-state index in [0.717, 1.165) is 11.5 Å². The number of thioether (sulfide) groups is 1. The zero-order valence-corrected chi connectivity index (χ0v) is 10.9.